The topological polar surface area (TPSA) is 32.9 Å². The molecule has 0 saturated carbocycles. The third-order valence-corrected chi connectivity index (χ3v) is 2.03. The number of benzene rings is 1. The van der Waals surface area contributed by atoms with Gasteiger partial charge in [-0.15, -0.1) is 0 Å². The van der Waals surface area contributed by atoms with E-state index in [-0.39, 0.29) is 0 Å². The van der Waals surface area contributed by atoms with Crippen molar-refractivity contribution in [2.75, 3.05) is 0 Å². The second-order valence-corrected chi connectivity index (χ2v) is 2.89. The maximum Gasteiger partial charge on any atom is 0.150 e. The van der Waals surface area contributed by atoms with Crippen molar-refractivity contribution in [2.24, 2.45) is 0 Å². The van der Waals surface area contributed by atoms with E-state index in [0.717, 1.165) is 22.9 Å². The summed E-state index contributed by atoms with van der Waals surface area (Å²) >= 11 is 0. The Kier molecular flexibility index (Phi) is 1.47. The molecule has 2 rings (SSSR count). The quantitative estimate of drug-likeness (QED) is 0.636. The number of aromatic nitrogens is 1. The standard InChI is InChI=1S/C10H9NO/c1-7-4-8(6-12)5-10-9(7)2-3-11-10/h2-6,11H,1H3. The second-order valence-electron chi connectivity index (χ2n) is 2.89. The monoisotopic (exact) mass is 159 g/mol. The van der Waals surface area contributed by atoms with E-state index < -0.39 is 0 Å². The number of aromatic amines is 1. The van der Waals surface area contributed by atoms with Crippen LogP contribution in [-0.4, -0.2) is 11.3 Å². The smallest absolute Gasteiger partial charge is 0.150 e. The molecule has 0 spiro atoms. The third kappa shape index (κ3) is 0.925. The number of nitrogens with one attached hydrogen (secondary N) is 1. The van der Waals surface area contributed by atoms with Gasteiger partial charge in [-0.2, -0.15) is 0 Å². The van der Waals surface area contributed by atoms with Crippen molar-refractivity contribution in [3.05, 3.63) is 35.5 Å². The fraction of sp³-hybridized carbons (Fsp3) is 0.100. The highest BCUT2D eigenvalue weighted by Gasteiger charge is 1.99. The van der Waals surface area contributed by atoms with Crippen molar-refractivity contribution in [1.82, 2.24) is 4.98 Å². The highest BCUT2D eigenvalue weighted by molar-refractivity contribution is 5.89. The van der Waals surface area contributed by atoms with Crippen LogP contribution in [0.3, 0.4) is 0 Å². The van der Waals surface area contributed by atoms with E-state index in [1.54, 1.807) is 0 Å². The lowest BCUT2D eigenvalue weighted by molar-refractivity contribution is 0.112. The summed E-state index contributed by atoms with van der Waals surface area (Å²) in [7, 11) is 0. The van der Waals surface area contributed by atoms with Crippen LogP contribution in [0.15, 0.2) is 24.4 Å². The van der Waals surface area contributed by atoms with E-state index in [9.17, 15) is 4.79 Å². The number of aryl methyl sites for hydroxylation is 1. The van der Waals surface area contributed by atoms with E-state index >= 15 is 0 Å². The van der Waals surface area contributed by atoms with Crippen LogP contribution in [0.2, 0.25) is 0 Å². The number of hydrogen-bond donors (Lipinski definition) is 1. The van der Waals surface area contributed by atoms with Crippen LogP contribution < -0.4 is 0 Å². The lowest BCUT2D eigenvalue weighted by Gasteiger charge is -1.96. The second kappa shape index (κ2) is 2.48. The Morgan fingerprint density at radius 3 is 3.00 bits per heavy atom. The Labute approximate surface area is 70.2 Å². The largest absolute Gasteiger partial charge is 0.361 e. The fourth-order valence-corrected chi connectivity index (χ4v) is 1.45. The Balaban J connectivity index is 2.83. The molecule has 0 aliphatic carbocycles. The molecule has 0 aliphatic rings. The summed E-state index contributed by atoms with van der Waals surface area (Å²) in [6.07, 6.45) is 2.75. The number of H-pyrrole nitrogens is 1. The highest BCUT2D eigenvalue weighted by Crippen LogP contribution is 2.18. The molecule has 2 nitrogen and oxygen atoms in total. The number of aldehydes is 1. The van der Waals surface area contributed by atoms with Crippen LogP contribution in [0.1, 0.15) is 15.9 Å². The zero-order valence-electron chi connectivity index (χ0n) is 6.79. The van der Waals surface area contributed by atoms with Crippen LogP contribution in [0.25, 0.3) is 10.9 Å². The van der Waals surface area contributed by atoms with E-state index in [4.69, 9.17) is 0 Å². The Morgan fingerprint density at radius 1 is 1.42 bits per heavy atom. The summed E-state index contributed by atoms with van der Waals surface area (Å²) in [4.78, 5) is 13.6. The van der Waals surface area contributed by atoms with Gasteiger partial charge in [-0.3, -0.25) is 4.79 Å². The molecule has 0 unspecified atom stereocenters. The maximum atomic E-state index is 10.5. The van der Waals surface area contributed by atoms with Gasteiger partial charge in [0.15, 0.2) is 0 Å². The van der Waals surface area contributed by atoms with Crippen molar-refractivity contribution in [2.45, 2.75) is 6.92 Å². The van der Waals surface area contributed by atoms with Crippen LogP contribution >= 0.6 is 0 Å². The number of rotatable bonds is 1. The summed E-state index contributed by atoms with van der Waals surface area (Å²) < 4.78 is 0. The molecule has 2 heteroatoms. The number of carbonyl (C=O) groups excluding carboxylic acids is 1. The molecule has 60 valence electrons. The Bertz CT molecular complexity index is 428. The predicted octanol–water partition coefficient (Wildman–Crippen LogP) is 2.29. The van der Waals surface area contributed by atoms with Gasteiger partial charge in [0, 0.05) is 22.7 Å². The van der Waals surface area contributed by atoms with Gasteiger partial charge < -0.3 is 4.98 Å². The fourth-order valence-electron chi connectivity index (χ4n) is 1.45. The molecular weight excluding hydrogens is 150 g/mol. The van der Waals surface area contributed by atoms with Crippen molar-refractivity contribution < 1.29 is 4.79 Å². The number of fused-ring (bicyclic) bond motifs is 1. The maximum absolute atomic E-state index is 10.5. The highest BCUT2D eigenvalue weighted by atomic mass is 16.1. The Morgan fingerprint density at radius 2 is 2.25 bits per heavy atom. The number of carbonyl (C=O) groups is 1. The zero-order valence-corrected chi connectivity index (χ0v) is 6.79. The average molecular weight is 159 g/mol. The van der Waals surface area contributed by atoms with Gasteiger partial charge >= 0.3 is 0 Å². The first kappa shape index (κ1) is 7.10. The van der Waals surface area contributed by atoms with Crippen molar-refractivity contribution >= 4 is 17.2 Å². The molecule has 0 aliphatic heterocycles. The normalized spacial score (nSPS) is 10.4. The van der Waals surface area contributed by atoms with E-state index in [0.29, 0.717) is 0 Å². The van der Waals surface area contributed by atoms with Gasteiger partial charge in [-0.1, -0.05) is 0 Å². The molecule has 1 N–H and O–H groups in total. The van der Waals surface area contributed by atoms with Crippen molar-refractivity contribution in [3.63, 3.8) is 0 Å². The lowest BCUT2D eigenvalue weighted by atomic mass is 10.1. The minimum absolute atomic E-state index is 0.724. The molecule has 2 aromatic rings. The van der Waals surface area contributed by atoms with E-state index in [1.807, 2.05) is 31.3 Å². The lowest BCUT2D eigenvalue weighted by Crippen LogP contribution is -1.82. The minimum atomic E-state index is 0.724. The molecule has 0 amide bonds. The summed E-state index contributed by atoms with van der Waals surface area (Å²) in [5.74, 6) is 0. The first-order chi connectivity index (χ1) is 5.81. The summed E-state index contributed by atoms with van der Waals surface area (Å²) in [5, 5.41) is 1.18. The van der Waals surface area contributed by atoms with E-state index in [1.165, 1.54) is 5.39 Å². The SMILES string of the molecule is Cc1cc(C=O)cc2[nH]ccc12. The van der Waals surface area contributed by atoms with Crippen molar-refractivity contribution in [1.29, 1.82) is 0 Å². The first-order valence-corrected chi connectivity index (χ1v) is 3.84. The van der Waals surface area contributed by atoms with Gasteiger partial charge in [0.2, 0.25) is 0 Å². The molecule has 0 saturated heterocycles. The molecule has 1 aromatic carbocycles. The molecule has 12 heavy (non-hydrogen) atoms. The molecule has 1 heterocycles. The van der Waals surface area contributed by atoms with Crippen LogP contribution in [0.4, 0.5) is 0 Å². The van der Waals surface area contributed by atoms with Gasteiger partial charge in [0.1, 0.15) is 6.29 Å². The summed E-state index contributed by atoms with van der Waals surface area (Å²) in [6.45, 7) is 2.00. The van der Waals surface area contributed by atoms with Crippen LogP contribution in [0.5, 0.6) is 0 Å². The minimum Gasteiger partial charge on any atom is -0.361 e. The van der Waals surface area contributed by atoms with Gasteiger partial charge in [-0.05, 0) is 30.7 Å². The first-order valence-electron chi connectivity index (χ1n) is 3.84. The molecule has 1 aromatic heterocycles. The predicted molar refractivity (Wildman–Crippen MR) is 48.4 cm³/mol. The third-order valence-electron chi connectivity index (χ3n) is 2.03. The van der Waals surface area contributed by atoms with Gasteiger partial charge in [0.05, 0.1) is 0 Å². The van der Waals surface area contributed by atoms with Gasteiger partial charge in [0.25, 0.3) is 0 Å². The molecular formula is C10H9NO. The molecule has 0 bridgehead atoms. The average Bonchev–Trinajstić information content (AvgIpc) is 2.52. The van der Waals surface area contributed by atoms with Crippen LogP contribution in [0, 0.1) is 6.92 Å². The summed E-state index contributed by atoms with van der Waals surface area (Å²) in [6, 6.07) is 5.76. The summed E-state index contributed by atoms with van der Waals surface area (Å²) in [5.41, 5.74) is 2.88. The van der Waals surface area contributed by atoms with Crippen molar-refractivity contribution in [3.8, 4) is 0 Å². The molecule has 0 radical (unpaired) electrons. The van der Waals surface area contributed by atoms with Crippen LogP contribution in [-0.2, 0) is 0 Å². The van der Waals surface area contributed by atoms with Gasteiger partial charge in [-0.25, -0.2) is 0 Å². The molecule has 0 fully saturated rings. The molecule has 0 atom stereocenters. The zero-order chi connectivity index (χ0) is 8.55. The van der Waals surface area contributed by atoms with E-state index in [2.05, 4.69) is 4.98 Å². The Hall–Kier alpha value is -1.57. The number of hydrogen-bond acceptors (Lipinski definition) is 1.